The molecule has 1 aromatic carbocycles. The Morgan fingerprint density at radius 3 is 2.63 bits per heavy atom. The predicted octanol–water partition coefficient (Wildman–Crippen LogP) is 2.60. The molecule has 1 aliphatic carbocycles. The second kappa shape index (κ2) is 6.40. The van der Waals surface area contributed by atoms with Crippen molar-refractivity contribution in [1.29, 1.82) is 0 Å². The van der Waals surface area contributed by atoms with E-state index in [1.54, 1.807) is 14.2 Å². The van der Waals surface area contributed by atoms with Crippen molar-refractivity contribution in [1.82, 2.24) is 5.32 Å². The lowest BCUT2D eigenvalue weighted by Gasteiger charge is -2.47. The number of para-hydroxylation sites is 1. The molecule has 0 heterocycles. The summed E-state index contributed by atoms with van der Waals surface area (Å²) in [5.74, 6) is 1.82. The van der Waals surface area contributed by atoms with E-state index in [1.165, 1.54) is 18.4 Å². The Balaban J connectivity index is 2.10. The Morgan fingerprint density at radius 1 is 1.26 bits per heavy atom. The summed E-state index contributed by atoms with van der Waals surface area (Å²) >= 11 is 0. The smallest absolute Gasteiger partial charge is 0.122 e. The minimum atomic E-state index is 0.236. The number of hydrogen-bond donors (Lipinski definition) is 1. The summed E-state index contributed by atoms with van der Waals surface area (Å²) in [6, 6.07) is 8.42. The highest BCUT2D eigenvalue weighted by Gasteiger charge is 2.44. The van der Waals surface area contributed by atoms with E-state index in [2.05, 4.69) is 30.4 Å². The van der Waals surface area contributed by atoms with Gasteiger partial charge in [-0.3, -0.25) is 0 Å². The van der Waals surface area contributed by atoms with Gasteiger partial charge in [-0.2, -0.15) is 0 Å². The molecule has 106 valence electrons. The maximum Gasteiger partial charge on any atom is 0.122 e. The monoisotopic (exact) mass is 263 g/mol. The maximum atomic E-state index is 5.54. The molecule has 0 spiro atoms. The van der Waals surface area contributed by atoms with Crippen molar-refractivity contribution in [3.05, 3.63) is 29.8 Å². The first-order valence-electron chi connectivity index (χ1n) is 7.05. The molecule has 0 aliphatic heterocycles. The average molecular weight is 263 g/mol. The third kappa shape index (κ3) is 3.10. The van der Waals surface area contributed by atoms with Crippen molar-refractivity contribution in [2.24, 2.45) is 5.92 Å². The number of nitrogens with one attached hydrogen (secondary N) is 1. The molecule has 0 amide bonds. The SMILES string of the molecule is COCCNCC1(c2ccccc2OC)CC(C)C1. The van der Waals surface area contributed by atoms with Crippen molar-refractivity contribution in [3.63, 3.8) is 0 Å². The van der Waals surface area contributed by atoms with Crippen LogP contribution in [-0.2, 0) is 10.2 Å². The lowest BCUT2D eigenvalue weighted by atomic mass is 9.59. The summed E-state index contributed by atoms with van der Waals surface area (Å²) in [6.07, 6.45) is 2.46. The number of hydrogen-bond acceptors (Lipinski definition) is 3. The lowest BCUT2D eigenvalue weighted by Crippen LogP contribution is -2.48. The van der Waals surface area contributed by atoms with Crippen LogP contribution < -0.4 is 10.1 Å². The first-order chi connectivity index (χ1) is 9.22. The van der Waals surface area contributed by atoms with Crippen LogP contribution in [0.15, 0.2) is 24.3 Å². The quantitative estimate of drug-likeness (QED) is 0.767. The van der Waals surface area contributed by atoms with E-state index in [9.17, 15) is 0 Å². The van der Waals surface area contributed by atoms with Crippen molar-refractivity contribution in [3.8, 4) is 5.75 Å². The van der Waals surface area contributed by atoms with Crippen LogP contribution in [0.1, 0.15) is 25.3 Å². The van der Waals surface area contributed by atoms with Gasteiger partial charge in [-0.1, -0.05) is 25.1 Å². The van der Waals surface area contributed by atoms with Gasteiger partial charge in [-0.05, 0) is 24.8 Å². The summed E-state index contributed by atoms with van der Waals surface area (Å²) in [6.45, 7) is 4.99. The van der Waals surface area contributed by atoms with Crippen LogP contribution >= 0.6 is 0 Å². The standard InChI is InChI=1S/C16H25NO2/c1-13-10-16(11-13,12-17-8-9-18-2)14-6-4-5-7-15(14)19-3/h4-7,13,17H,8-12H2,1-3H3. The van der Waals surface area contributed by atoms with E-state index in [4.69, 9.17) is 9.47 Å². The molecule has 0 aromatic heterocycles. The fourth-order valence-corrected chi connectivity index (χ4v) is 3.32. The maximum absolute atomic E-state index is 5.54. The van der Waals surface area contributed by atoms with Gasteiger partial charge in [0.2, 0.25) is 0 Å². The average Bonchev–Trinajstić information content (AvgIpc) is 2.41. The van der Waals surface area contributed by atoms with Crippen molar-refractivity contribution >= 4 is 0 Å². The molecule has 3 heteroatoms. The molecular weight excluding hydrogens is 238 g/mol. The zero-order chi connectivity index (χ0) is 13.7. The number of rotatable bonds is 7. The molecule has 0 bridgehead atoms. The summed E-state index contributed by atoms with van der Waals surface area (Å²) in [7, 11) is 3.50. The molecule has 1 aromatic rings. The fraction of sp³-hybridized carbons (Fsp3) is 0.625. The lowest BCUT2D eigenvalue weighted by molar-refractivity contribution is 0.140. The molecule has 1 fully saturated rings. The van der Waals surface area contributed by atoms with Gasteiger partial charge >= 0.3 is 0 Å². The van der Waals surface area contributed by atoms with Crippen molar-refractivity contribution in [2.75, 3.05) is 33.9 Å². The van der Waals surface area contributed by atoms with E-state index in [-0.39, 0.29) is 5.41 Å². The third-order valence-electron chi connectivity index (χ3n) is 4.10. The van der Waals surface area contributed by atoms with Crippen LogP contribution in [0.4, 0.5) is 0 Å². The van der Waals surface area contributed by atoms with Crippen LogP contribution in [0.5, 0.6) is 5.75 Å². The zero-order valence-corrected chi connectivity index (χ0v) is 12.2. The van der Waals surface area contributed by atoms with Gasteiger partial charge in [0.1, 0.15) is 5.75 Å². The Labute approximate surface area is 116 Å². The molecule has 1 N–H and O–H groups in total. The molecule has 1 aliphatic rings. The van der Waals surface area contributed by atoms with Crippen LogP contribution in [0.3, 0.4) is 0 Å². The summed E-state index contributed by atoms with van der Waals surface area (Å²) in [5.41, 5.74) is 1.58. The van der Waals surface area contributed by atoms with E-state index in [1.807, 2.05) is 6.07 Å². The number of benzene rings is 1. The summed E-state index contributed by atoms with van der Waals surface area (Å²) in [4.78, 5) is 0. The minimum absolute atomic E-state index is 0.236. The first-order valence-corrected chi connectivity index (χ1v) is 7.05. The van der Waals surface area contributed by atoms with Gasteiger partial charge in [-0.15, -0.1) is 0 Å². The highest BCUT2D eigenvalue weighted by Crippen LogP contribution is 2.49. The van der Waals surface area contributed by atoms with Crippen LogP contribution in [-0.4, -0.2) is 33.9 Å². The van der Waals surface area contributed by atoms with Gasteiger partial charge in [-0.25, -0.2) is 0 Å². The van der Waals surface area contributed by atoms with E-state index < -0.39 is 0 Å². The number of methoxy groups -OCH3 is 2. The fourth-order valence-electron chi connectivity index (χ4n) is 3.32. The highest BCUT2D eigenvalue weighted by molar-refractivity contribution is 5.42. The Bertz CT molecular complexity index is 399. The minimum Gasteiger partial charge on any atom is -0.496 e. The molecule has 0 unspecified atom stereocenters. The van der Waals surface area contributed by atoms with E-state index >= 15 is 0 Å². The normalized spacial score (nSPS) is 25.9. The molecular formula is C16H25NO2. The van der Waals surface area contributed by atoms with Gasteiger partial charge in [0, 0.05) is 31.2 Å². The molecule has 2 rings (SSSR count). The molecule has 0 saturated heterocycles. The van der Waals surface area contributed by atoms with Gasteiger partial charge in [0.05, 0.1) is 13.7 Å². The molecule has 19 heavy (non-hydrogen) atoms. The molecule has 3 nitrogen and oxygen atoms in total. The van der Waals surface area contributed by atoms with Crippen LogP contribution in [0.2, 0.25) is 0 Å². The van der Waals surface area contributed by atoms with E-state index in [0.717, 1.165) is 31.4 Å². The highest BCUT2D eigenvalue weighted by atomic mass is 16.5. The largest absolute Gasteiger partial charge is 0.496 e. The van der Waals surface area contributed by atoms with Crippen LogP contribution in [0, 0.1) is 5.92 Å². The Hall–Kier alpha value is -1.06. The van der Waals surface area contributed by atoms with Crippen molar-refractivity contribution in [2.45, 2.75) is 25.2 Å². The second-order valence-electron chi connectivity index (χ2n) is 5.66. The molecule has 0 radical (unpaired) electrons. The Kier molecular flexibility index (Phi) is 4.83. The second-order valence-corrected chi connectivity index (χ2v) is 5.66. The summed E-state index contributed by atoms with van der Waals surface area (Å²) < 4.78 is 10.6. The third-order valence-corrected chi connectivity index (χ3v) is 4.10. The molecule has 1 saturated carbocycles. The predicted molar refractivity (Wildman–Crippen MR) is 77.8 cm³/mol. The van der Waals surface area contributed by atoms with Gasteiger partial charge < -0.3 is 14.8 Å². The van der Waals surface area contributed by atoms with E-state index in [0.29, 0.717) is 0 Å². The van der Waals surface area contributed by atoms with Crippen molar-refractivity contribution < 1.29 is 9.47 Å². The first kappa shape index (κ1) is 14.4. The topological polar surface area (TPSA) is 30.5 Å². The van der Waals surface area contributed by atoms with Crippen LogP contribution in [0.25, 0.3) is 0 Å². The van der Waals surface area contributed by atoms with Gasteiger partial charge in [0.25, 0.3) is 0 Å². The molecule has 0 atom stereocenters. The zero-order valence-electron chi connectivity index (χ0n) is 12.2. The number of ether oxygens (including phenoxy) is 2. The summed E-state index contributed by atoms with van der Waals surface area (Å²) in [5, 5.41) is 3.52. The van der Waals surface area contributed by atoms with Gasteiger partial charge in [0.15, 0.2) is 0 Å². The Morgan fingerprint density at radius 2 is 2.00 bits per heavy atom.